The Labute approximate surface area is 103 Å². The summed E-state index contributed by atoms with van der Waals surface area (Å²) in [6.45, 7) is 5.93. The quantitative estimate of drug-likeness (QED) is 0.800. The number of nitrogens with zero attached hydrogens (tertiary/aromatic N) is 1. The molecule has 2 saturated heterocycles. The van der Waals surface area contributed by atoms with Crippen LogP contribution in [-0.2, 0) is 0 Å². The lowest BCUT2D eigenvalue weighted by atomic mass is 9.90. The zero-order chi connectivity index (χ0) is 11.2. The minimum Gasteiger partial charge on any atom is -0.329 e. The lowest BCUT2D eigenvalue weighted by Crippen LogP contribution is -2.56. The van der Waals surface area contributed by atoms with Crippen LogP contribution in [-0.4, -0.2) is 41.1 Å². The predicted octanol–water partition coefficient (Wildman–Crippen LogP) is 1.94. The van der Waals surface area contributed by atoms with E-state index in [2.05, 4.69) is 23.6 Å². The monoisotopic (exact) mass is 240 g/mol. The Morgan fingerprint density at radius 1 is 1.31 bits per heavy atom. The van der Waals surface area contributed by atoms with Gasteiger partial charge in [0.15, 0.2) is 0 Å². The summed E-state index contributed by atoms with van der Waals surface area (Å²) >= 11 is 2.12. The highest BCUT2D eigenvalue weighted by Gasteiger charge is 2.49. The third-order valence-corrected chi connectivity index (χ3v) is 6.75. The van der Waals surface area contributed by atoms with Crippen LogP contribution < -0.4 is 5.73 Å². The van der Waals surface area contributed by atoms with Crippen LogP contribution >= 0.6 is 11.8 Å². The van der Waals surface area contributed by atoms with Crippen molar-refractivity contribution >= 4 is 11.8 Å². The number of nitrogens with two attached hydrogens (primary N) is 1. The molecular weight excluding hydrogens is 216 g/mol. The van der Waals surface area contributed by atoms with Gasteiger partial charge in [0, 0.05) is 30.4 Å². The van der Waals surface area contributed by atoms with Crippen molar-refractivity contribution in [1.82, 2.24) is 4.90 Å². The molecule has 2 heterocycles. The molecule has 16 heavy (non-hydrogen) atoms. The first-order valence-corrected chi connectivity index (χ1v) is 7.88. The molecule has 2 aliphatic heterocycles. The van der Waals surface area contributed by atoms with Crippen molar-refractivity contribution < 1.29 is 0 Å². The summed E-state index contributed by atoms with van der Waals surface area (Å²) in [5.41, 5.74) is 6.48. The largest absolute Gasteiger partial charge is 0.329 e. The van der Waals surface area contributed by atoms with Gasteiger partial charge in [-0.2, -0.15) is 11.8 Å². The molecule has 92 valence electrons. The molecule has 0 radical (unpaired) electrons. The van der Waals surface area contributed by atoms with Crippen molar-refractivity contribution in [2.45, 2.75) is 43.4 Å². The fourth-order valence-corrected chi connectivity index (χ4v) is 5.68. The first-order valence-electron chi connectivity index (χ1n) is 6.83. The van der Waals surface area contributed by atoms with Crippen LogP contribution in [0.1, 0.15) is 32.6 Å². The standard InChI is InChI=1S/C13H24N2S/c1-10-13(9-14,5-6-16-10)15-7-11-3-2-4-12(11)8-15/h10-12H,2-9,14H2,1H3. The SMILES string of the molecule is CC1SCCC1(CN)N1CC2CCCC2C1. The van der Waals surface area contributed by atoms with Crippen molar-refractivity contribution in [3.63, 3.8) is 0 Å². The van der Waals surface area contributed by atoms with Gasteiger partial charge in [-0.05, 0) is 36.9 Å². The Hall–Kier alpha value is 0.270. The van der Waals surface area contributed by atoms with Crippen molar-refractivity contribution in [2.75, 3.05) is 25.4 Å². The van der Waals surface area contributed by atoms with E-state index in [1.165, 1.54) is 44.5 Å². The Bertz CT molecular complexity index is 259. The van der Waals surface area contributed by atoms with Gasteiger partial charge in [-0.3, -0.25) is 4.90 Å². The first-order chi connectivity index (χ1) is 7.76. The highest BCUT2D eigenvalue weighted by Crippen LogP contribution is 2.46. The van der Waals surface area contributed by atoms with E-state index >= 15 is 0 Å². The smallest absolute Gasteiger partial charge is 0.0455 e. The van der Waals surface area contributed by atoms with Gasteiger partial charge < -0.3 is 5.73 Å². The molecule has 1 aliphatic carbocycles. The van der Waals surface area contributed by atoms with Crippen LogP contribution in [0.5, 0.6) is 0 Å². The highest BCUT2D eigenvalue weighted by molar-refractivity contribution is 8.00. The van der Waals surface area contributed by atoms with Gasteiger partial charge >= 0.3 is 0 Å². The molecule has 0 aromatic rings. The van der Waals surface area contributed by atoms with E-state index in [1.54, 1.807) is 0 Å². The molecule has 0 aromatic carbocycles. The molecule has 4 unspecified atom stereocenters. The summed E-state index contributed by atoms with van der Waals surface area (Å²) in [4.78, 5) is 2.77. The number of rotatable bonds is 2. The van der Waals surface area contributed by atoms with Crippen molar-refractivity contribution in [1.29, 1.82) is 0 Å². The van der Waals surface area contributed by atoms with Crippen LogP contribution in [0.3, 0.4) is 0 Å². The minimum atomic E-state index is 0.342. The van der Waals surface area contributed by atoms with Gasteiger partial charge in [-0.1, -0.05) is 13.3 Å². The molecule has 0 aromatic heterocycles. The maximum Gasteiger partial charge on any atom is 0.0455 e. The molecule has 3 heteroatoms. The van der Waals surface area contributed by atoms with Gasteiger partial charge in [0.1, 0.15) is 0 Å². The molecule has 4 atom stereocenters. The molecule has 1 saturated carbocycles. The summed E-state index contributed by atoms with van der Waals surface area (Å²) < 4.78 is 0. The number of thioether (sulfide) groups is 1. The average molecular weight is 240 g/mol. The Morgan fingerprint density at radius 2 is 2.00 bits per heavy atom. The molecule has 0 amide bonds. The first kappa shape index (κ1) is 11.4. The summed E-state index contributed by atoms with van der Waals surface area (Å²) in [5, 5.41) is 0.733. The van der Waals surface area contributed by atoms with Gasteiger partial charge in [0.25, 0.3) is 0 Å². The minimum absolute atomic E-state index is 0.342. The molecule has 3 aliphatic rings. The number of hydrogen-bond donors (Lipinski definition) is 1. The Morgan fingerprint density at radius 3 is 2.50 bits per heavy atom. The summed E-state index contributed by atoms with van der Waals surface area (Å²) in [6, 6.07) is 0. The van der Waals surface area contributed by atoms with Crippen LogP contribution in [0.2, 0.25) is 0 Å². The van der Waals surface area contributed by atoms with E-state index in [0.29, 0.717) is 5.54 Å². The maximum absolute atomic E-state index is 6.13. The van der Waals surface area contributed by atoms with Gasteiger partial charge in [-0.25, -0.2) is 0 Å². The fourth-order valence-electron chi connectivity index (χ4n) is 4.18. The van der Waals surface area contributed by atoms with Gasteiger partial charge in [0.05, 0.1) is 0 Å². The van der Waals surface area contributed by atoms with Gasteiger partial charge in [-0.15, -0.1) is 0 Å². The highest BCUT2D eigenvalue weighted by atomic mass is 32.2. The summed E-state index contributed by atoms with van der Waals surface area (Å²) in [6.07, 6.45) is 5.74. The lowest BCUT2D eigenvalue weighted by molar-refractivity contribution is 0.117. The van der Waals surface area contributed by atoms with Crippen molar-refractivity contribution in [3.05, 3.63) is 0 Å². The van der Waals surface area contributed by atoms with Gasteiger partial charge in [0.2, 0.25) is 0 Å². The van der Waals surface area contributed by atoms with E-state index in [9.17, 15) is 0 Å². The van der Waals surface area contributed by atoms with E-state index in [4.69, 9.17) is 5.73 Å². The normalized spacial score (nSPS) is 48.8. The second-order valence-corrected chi connectivity index (χ2v) is 7.38. The number of likely N-dealkylation sites (tertiary alicyclic amines) is 1. The van der Waals surface area contributed by atoms with Crippen molar-refractivity contribution in [2.24, 2.45) is 17.6 Å². The van der Waals surface area contributed by atoms with Crippen LogP contribution in [0.4, 0.5) is 0 Å². The molecule has 2 N–H and O–H groups in total. The average Bonchev–Trinajstić information content (AvgIpc) is 2.90. The number of hydrogen-bond acceptors (Lipinski definition) is 3. The maximum atomic E-state index is 6.13. The topological polar surface area (TPSA) is 29.3 Å². The second-order valence-electron chi connectivity index (χ2n) is 5.93. The summed E-state index contributed by atoms with van der Waals surface area (Å²) in [7, 11) is 0. The predicted molar refractivity (Wildman–Crippen MR) is 70.7 cm³/mol. The van der Waals surface area contributed by atoms with E-state index in [1.807, 2.05) is 0 Å². The zero-order valence-electron chi connectivity index (χ0n) is 10.3. The summed E-state index contributed by atoms with van der Waals surface area (Å²) in [5.74, 6) is 3.31. The van der Waals surface area contributed by atoms with Crippen LogP contribution in [0, 0.1) is 11.8 Å². The molecule has 2 nitrogen and oxygen atoms in total. The van der Waals surface area contributed by atoms with E-state index < -0.39 is 0 Å². The Kier molecular flexibility index (Phi) is 2.97. The third-order valence-electron chi connectivity index (χ3n) is 5.37. The molecule has 3 rings (SSSR count). The molecule has 0 bridgehead atoms. The second kappa shape index (κ2) is 4.18. The molecule has 3 fully saturated rings. The van der Waals surface area contributed by atoms with Crippen molar-refractivity contribution in [3.8, 4) is 0 Å². The van der Waals surface area contributed by atoms with E-state index in [-0.39, 0.29) is 0 Å². The van der Waals surface area contributed by atoms with Crippen LogP contribution in [0.15, 0.2) is 0 Å². The van der Waals surface area contributed by atoms with E-state index in [0.717, 1.165) is 23.6 Å². The number of fused-ring (bicyclic) bond motifs is 1. The fraction of sp³-hybridized carbons (Fsp3) is 1.00. The Balaban J connectivity index is 1.76. The molecular formula is C13H24N2S. The molecule has 0 spiro atoms. The third kappa shape index (κ3) is 1.55. The lowest BCUT2D eigenvalue weighted by Gasteiger charge is -2.41. The zero-order valence-corrected chi connectivity index (χ0v) is 11.1. The van der Waals surface area contributed by atoms with Crippen LogP contribution in [0.25, 0.3) is 0 Å².